The maximum atomic E-state index is 14.0. The van der Waals surface area contributed by atoms with Crippen molar-refractivity contribution in [3.05, 3.63) is 42.0 Å². The highest BCUT2D eigenvalue weighted by molar-refractivity contribution is 5.56. The van der Waals surface area contributed by atoms with Gasteiger partial charge in [0.2, 0.25) is 5.95 Å². The maximum absolute atomic E-state index is 14.0. The summed E-state index contributed by atoms with van der Waals surface area (Å²) in [7, 11) is 0. The van der Waals surface area contributed by atoms with Gasteiger partial charge in [-0.15, -0.1) is 0 Å². The molecule has 22 heavy (non-hydrogen) atoms. The van der Waals surface area contributed by atoms with Gasteiger partial charge >= 0.3 is 0 Å². The molecule has 118 valence electrons. The molecule has 1 heterocycles. The Morgan fingerprint density at radius 2 is 1.82 bits per heavy atom. The average molecular weight is 302 g/mol. The van der Waals surface area contributed by atoms with E-state index >= 15 is 0 Å². The Labute approximate surface area is 131 Å². The SMILES string of the molecule is CCCCCc1cnc(-c2ccc(OCCC)cc2)nc1F. The number of benzene rings is 1. The van der Waals surface area contributed by atoms with Crippen molar-refractivity contribution in [2.24, 2.45) is 0 Å². The Bertz CT molecular complexity index is 584. The Balaban J connectivity index is 2.07. The van der Waals surface area contributed by atoms with Crippen LogP contribution in [0.2, 0.25) is 0 Å². The van der Waals surface area contributed by atoms with Crippen LogP contribution >= 0.6 is 0 Å². The first kappa shape index (κ1) is 16.4. The summed E-state index contributed by atoms with van der Waals surface area (Å²) in [6.07, 6.45) is 6.46. The summed E-state index contributed by atoms with van der Waals surface area (Å²) in [6.45, 7) is 4.88. The molecule has 0 aliphatic heterocycles. The van der Waals surface area contributed by atoms with Crippen LogP contribution in [0.25, 0.3) is 11.4 Å². The highest BCUT2D eigenvalue weighted by Gasteiger charge is 2.08. The molecule has 2 aromatic rings. The van der Waals surface area contributed by atoms with Gasteiger partial charge in [0.15, 0.2) is 5.82 Å². The minimum atomic E-state index is -0.410. The van der Waals surface area contributed by atoms with E-state index in [1.54, 1.807) is 6.20 Å². The lowest BCUT2D eigenvalue weighted by atomic mass is 10.1. The van der Waals surface area contributed by atoms with E-state index in [0.717, 1.165) is 37.0 Å². The van der Waals surface area contributed by atoms with E-state index in [2.05, 4.69) is 23.8 Å². The highest BCUT2D eigenvalue weighted by atomic mass is 19.1. The Morgan fingerprint density at radius 1 is 1.05 bits per heavy atom. The van der Waals surface area contributed by atoms with Crippen LogP contribution in [0, 0.1) is 5.95 Å². The molecule has 0 bridgehead atoms. The van der Waals surface area contributed by atoms with Crippen LogP contribution in [-0.2, 0) is 6.42 Å². The number of rotatable bonds is 8. The van der Waals surface area contributed by atoms with Crippen LogP contribution in [0.1, 0.15) is 45.1 Å². The fraction of sp³-hybridized carbons (Fsp3) is 0.444. The number of nitrogens with zero attached hydrogens (tertiary/aromatic N) is 2. The second kappa shape index (κ2) is 8.47. The average Bonchev–Trinajstić information content (AvgIpc) is 2.55. The molecule has 0 spiro atoms. The first-order valence-corrected chi connectivity index (χ1v) is 7.99. The number of aromatic nitrogens is 2. The lowest BCUT2D eigenvalue weighted by molar-refractivity contribution is 0.317. The highest BCUT2D eigenvalue weighted by Crippen LogP contribution is 2.20. The molecule has 0 saturated heterocycles. The molecule has 0 amide bonds. The largest absolute Gasteiger partial charge is 0.494 e. The molecule has 4 heteroatoms. The van der Waals surface area contributed by atoms with Crippen LogP contribution in [0.4, 0.5) is 4.39 Å². The molecule has 1 aromatic carbocycles. The van der Waals surface area contributed by atoms with E-state index < -0.39 is 5.95 Å². The summed E-state index contributed by atoms with van der Waals surface area (Å²) in [4.78, 5) is 8.28. The van der Waals surface area contributed by atoms with Crippen molar-refractivity contribution < 1.29 is 9.13 Å². The van der Waals surface area contributed by atoms with Crippen LogP contribution in [0.15, 0.2) is 30.5 Å². The van der Waals surface area contributed by atoms with Gasteiger partial charge in [0.05, 0.1) is 6.61 Å². The van der Waals surface area contributed by atoms with Gasteiger partial charge in [0.1, 0.15) is 5.75 Å². The third-order valence-electron chi connectivity index (χ3n) is 3.45. The van der Waals surface area contributed by atoms with E-state index in [1.807, 2.05) is 24.3 Å². The lowest BCUT2D eigenvalue weighted by Gasteiger charge is -2.07. The van der Waals surface area contributed by atoms with Gasteiger partial charge < -0.3 is 4.74 Å². The number of aryl methyl sites for hydroxylation is 1. The zero-order valence-electron chi connectivity index (χ0n) is 13.3. The summed E-state index contributed by atoms with van der Waals surface area (Å²) in [5, 5.41) is 0. The van der Waals surface area contributed by atoms with Crippen molar-refractivity contribution in [3.63, 3.8) is 0 Å². The molecule has 1 aromatic heterocycles. The topological polar surface area (TPSA) is 35.0 Å². The monoisotopic (exact) mass is 302 g/mol. The van der Waals surface area contributed by atoms with Crippen LogP contribution in [0.5, 0.6) is 5.75 Å². The fourth-order valence-electron chi connectivity index (χ4n) is 2.18. The van der Waals surface area contributed by atoms with E-state index in [0.29, 0.717) is 24.4 Å². The molecule has 0 aliphatic rings. The third kappa shape index (κ3) is 4.52. The van der Waals surface area contributed by atoms with Crippen molar-refractivity contribution in [1.82, 2.24) is 9.97 Å². The van der Waals surface area contributed by atoms with E-state index in [9.17, 15) is 4.39 Å². The molecule has 2 rings (SSSR count). The summed E-state index contributed by atoms with van der Waals surface area (Å²) in [6, 6.07) is 7.44. The Morgan fingerprint density at radius 3 is 2.45 bits per heavy atom. The number of hydrogen-bond donors (Lipinski definition) is 0. The third-order valence-corrected chi connectivity index (χ3v) is 3.45. The number of ether oxygens (including phenoxy) is 1. The van der Waals surface area contributed by atoms with Crippen LogP contribution in [-0.4, -0.2) is 16.6 Å². The van der Waals surface area contributed by atoms with Crippen molar-refractivity contribution in [1.29, 1.82) is 0 Å². The molecule has 0 saturated carbocycles. The number of hydrogen-bond acceptors (Lipinski definition) is 3. The van der Waals surface area contributed by atoms with E-state index in [-0.39, 0.29) is 0 Å². The molecular weight excluding hydrogens is 279 g/mol. The normalized spacial score (nSPS) is 10.7. The molecule has 0 fully saturated rings. The van der Waals surface area contributed by atoms with Crippen molar-refractivity contribution in [3.8, 4) is 17.1 Å². The van der Waals surface area contributed by atoms with Crippen LogP contribution in [0.3, 0.4) is 0 Å². The molecule has 0 aliphatic carbocycles. The summed E-state index contributed by atoms with van der Waals surface area (Å²) < 4.78 is 19.6. The molecule has 0 radical (unpaired) electrons. The second-order valence-corrected chi connectivity index (χ2v) is 5.34. The molecule has 0 N–H and O–H groups in total. The Hall–Kier alpha value is -1.97. The summed E-state index contributed by atoms with van der Waals surface area (Å²) in [5.41, 5.74) is 1.39. The maximum Gasteiger partial charge on any atom is 0.219 e. The van der Waals surface area contributed by atoms with Gasteiger partial charge in [-0.25, -0.2) is 4.98 Å². The van der Waals surface area contributed by atoms with Gasteiger partial charge in [-0.05, 0) is 43.5 Å². The van der Waals surface area contributed by atoms with Gasteiger partial charge in [-0.3, -0.25) is 0 Å². The van der Waals surface area contributed by atoms with E-state index in [1.165, 1.54) is 0 Å². The van der Waals surface area contributed by atoms with Gasteiger partial charge in [-0.1, -0.05) is 26.7 Å². The van der Waals surface area contributed by atoms with Gasteiger partial charge in [-0.2, -0.15) is 9.37 Å². The first-order chi connectivity index (χ1) is 10.7. The molecule has 3 nitrogen and oxygen atoms in total. The predicted octanol–water partition coefficient (Wildman–Crippen LogP) is 4.80. The minimum absolute atomic E-state index is 0.410. The van der Waals surface area contributed by atoms with E-state index in [4.69, 9.17) is 4.74 Å². The number of halogens is 1. The van der Waals surface area contributed by atoms with Crippen molar-refractivity contribution in [2.45, 2.75) is 46.0 Å². The molecular formula is C18H23FN2O. The molecule has 0 atom stereocenters. The predicted molar refractivity (Wildman–Crippen MR) is 86.4 cm³/mol. The standard InChI is InChI=1S/C18H23FN2O/c1-3-5-6-7-15-13-20-18(21-17(15)19)14-8-10-16(11-9-14)22-12-4-2/h8-11,13H,3-7,12H2,1-2H3. The summed E-state index contributed by atoms with van der Waals surface area (Å²) in [5.74, 6) is 0.813. The van der Waals surface area contributed by atoms with Gasteiger partial charge in [0.25, 0.3) is 0 Å². The first-order valence-electron chi connectivity index (χ1n) is 7.99. The van der Waals surface area contributed by atoms with Gasteiger partial charge in [0, 0.05) is 17.3 Å². The minimum Gasteiger partial charge on any atom is -0.494 e. The van der Waals surface area contributed by atoms with Crippen molar-refractivity contribution >= 4 is 0 Å². The van der Waals surface area contributed by atoms with Crippen molar-refractivity contribution in [2.75, 3.05) is 6.61 Å². The molecule has 0 unspecified atom stereocenters. The lowest BCUT2D eigenvalue weighted by Crippen LogP contribution is -2.00. The zero-order valence-corrected chi connectivity index (χ0v) is 13.3. The zero-order chi connectivity index (χ0) is 15.8. The van der Waals surface area contributed by atoms with Crippen LogP contribution < -0.4 is 4.74 Å². The number of unbranched alkanes of at least 4 members (excludes halogenated alkanes) is 2. The fourth-order valence-corrected chi connectivity index (χ4v) is 2.18. The smallest absolute Gasteiger partial charge is 0.219 e. The second-order valence-electron chi connectivity index (χ2n) is 5.34. The quantitative estimate of drug-likeness (QED) is 0.519. The Kier molecular flexibility index (Phi) is 6.31. The summed E-state index contributed by atoms with van der Waals surface area (Å²) >= 11 is 0.